The zero-order valence-corrected chi connectivity index (χ0v) is 19.1. The molecular formula is C14H36N6O4S3. The fraction of sp³-hybridized carbons (Fsp3) is 0.857. The summed E-state index contributed by atoms with van der Waals surface area (Å²) in [5, 5.41) is 8.74. The summed E-state index contributed by atoms with van der Waals surface area (Å²) in [6, 6.07) is 0. The first-order valence-corrected chi connectivity index (χ1v) is 12.0. The van der Waals surface area contributed by atoms with Crippen LogP contribution in [0.4, 0.5) is 0 Å². The number of thioether (sulfide) groups is 2. The molecule has 10 nitrogen and oxygen atoms in total. The van der Waals surface area contributed by atoms with Crippen LogP contribution in [0.2, 0.25) is 0 Å². The summed E-state index contributed by atoms with van der Waals surface area (Å²) in [6.07, 6.45) is 0. The molecule has 0 bridgehead atoms. The topological polar surface area (TPSA) is 184 Å². The fourth-order valence-electron chi connectivity index (χ4n) is 1.29. The first kappa shape index (κ1) is 31.1. The van der Waals surface area contributed by atoms with Gasteiger partial charge in [0, 0.05) is 35.0 Å². The molecule has 0 radical (unpaired) electrons. The summed E-state index contributed by atoms with van der Waals surface area (Å²) in [5.74, 6) is 1.94. The third-order valence-electron chi connectivity index (χ3n) is 2.08. The minimum absolute atomic E-state index is 0.727. The lowest BCUT2D eigenvalue weighted by molar-refractivity contribution is -0.451. The highest BCUT2D eigenvalue weighted by atomic mass is 32.3. The van der Waals surface area contributed by atoms with Crippen LogP contribution in [0.15, 0.2) is 0 Å². The van der Waals surface area contributed by atoms with Crippen LogP contribution < -0.4 is 32.1 Å². The summed E-state index contributed by atoms with van der Waals surface area (Å²) >= 11 is 3.48. The molecule has 0 rings (SSSR count). The van der Waals surface area contributed by atoms with Crippen molar-refractivity contribution < 1.29 is 27.5 Å². The highest BCUT2D eigenvalue weighted by Crippen LogP contribution is 1.94. The second-order valence-electron chi connectivity index (χ2n) is 4.46. The average molecular weight is 449 g/mol. The van der Waals surface area contributed by atoms with Crippen LogP contribution in [0.25, 0.3) is 0 Å². The minimum atomic E-state index is -5.17. The predicted octanol–water partition coefficient (Wildman–Crippen LogP) is -3.85. The lowest BCUT2D eigenvalue weighted by Gasteiger charge is -2.06. The normalized spacial score (nSPS) is 11.7. The van der Waals surface area contributed by atoms with Crippen molar-refractivity contribution in [3.63, 3.8) is 0 Å². The van der Waals surface area contributed by atoms with Crippen molar-refractivity contribution in [3.05, 3.63) is 0 Å². The molecule has 0 saturated heterocycles. The van der Waals surface area contributed by atoms with Gasteiger partial charge in [-0.15, -0.1) is 0 Å². The van der Waals surface area contributed by atoms with Crippen LogP contribution in [0.5, 0.6) is 0 Å². The molecule has 0 aromatic carbocycles. The summed E-state index contributed by atoms with van der Waals surface area (Å²) in [5.41, 5.74) is 10.8. The van der Waals surface area contributed by atoms with E-state index in [1.54, 1.807) is 23.5 Å². The van der Waals surface area contributed by atoms with Gasteiger partial charge in [-0.3, -0.25) is 29.0 Å². The second-order valence-corrected chi connectivity index (χ2v) is 7.49. The third-order valence-corrected chi connectivity index (χ3v) is 4.11. The van der Waals surface area contributed by atoms with Crippen LogP contribution in [0.3, 0.4) is 0 Å². The monoisotopic (exact) mass is 448 g/mol. The van der Waals surface area contributed by atoms with Gasteiger partial charge in [-0.1, -0.05) is 0 Å². The molecule has 0 atom stereocenters. The van der Waals surface area contributed by atoms with E-state index >= 15 is 0 Å². The van der Waals surface area contributed by atoms with E-state index in [1.807, 2.05) is 0 Å². The lowest BCUT2D eigenvalue weighted by atomic mass is 10.7. The number of hydrogen-bond donors (Lipinski definition) is 6. The summed E-state index contributed by atoms with van der Waals surface area (Å²) < 4.78 is 34.1. The maximum atomic E-state index is 8.52. The standard InChI is InChI=1S/2C7H17N3S.H2O4S/c2*1-3-9-7(10-4-2)11-6-5-8;1-5(2,3)4/h2*3-6,8H2,1-2H3,(H,9,10);(H2,1,2,3,4). The van der Waals surface area contributed by atoms with E-state index in [1.165, 1.54) is 0 Å². The smallest absolute Gasteiger partial charge is 0.304 e. The average Bonchev–Trinajstić information content (AvgIpc) is 2.57. The van der Waals surface area contributed by atoms with E-state index in [-0.39, 0.29) is 0 Å². The zero-order valence-electron chi connectivity index (χ0n) is 16.7. The van der Waals surface area contributed by atoms with Crippen LogP contribution in [0, 0.1) is 0 Å². The molecule has 8 N–H and O–H groups in total. The maximum Gasteiger partial charge on any atom is 0.304 e. The Hall–Kier alpha value is -0.570. The van der Waals surface area contributed by atoms with Gasteiger partial charge in [0.2, 0.25) is 0 Å². The lowest BCUT2D eigenvalue weighted by Crippen LogP contribution is -2.74. The Bertz CT molecular complexity index is 439. The number of nitrogens with one attached hydrogen (secondary N) is 4. The molecule has 27 heavy (non-hydrogen) atoms. The van der Waals surface area contributed by atoms with Crippen molar-refractivity contribution in [2.24, 2.45) is 11.5 Å². The van der Waals surface area contributed by atoms with Gasteiger partial charge in [-0.2, -0.15) is 0 Å². The Kier molecular flexibility index (Phi) is 27.1. The number of rotatable bonds is 8. The quantitative estimate of drug-likeness (QED) is 0.0929. The van der Waals surface area contributed by atoms with E-state index in [4.69, 9.17) is 29.0 Å². The highest BCUT2D eigenvalue weighted by Gasteiger charge is 2.02. The molecule has 0 unspecified atom stereocenters. The second kappa shape index (κ2) is 23.5. The van der Waals surface area contributed by atoms with Gasteiger partial charge in [-0.25, -0.2) is 0 Å². The van der Waals surface area contributed by atoms with Gasteiger partial charge in [-0.05, 0) is 51.2 Å². The molecule has 0 aromatic rings. The molecule has 0 amide bonds. The van der Waals surface area contributed by atoms with Gasteiger partial charge in [0.15, 0.2) is 0 Å². The van der Waals surface area contributed by atoms with Crippen molar-refractivity contribution in [1.29, 1.82) is 0 Å². The van der Waals surface area contributed by atoms with Crippen LogP contribution in [-0.4, -0.2) is 78.6 Å². The van der Waals surface area contributed by atoms with Gasteiger partial charge in [0.1, 0.15) is 0 Å². The molecule has 0 spiro atoms. The molecule has 0 saturated carbocycles. The van der Waals surface area contributed by atoms with Crippen LogP contribution in [-0.2, 0) is 10.4 Å². The molecular weight excluding hydrogens is 412 g/mol. The summed E-state index contributed by atoms with van der Waals surface area (Å²) in [4.78, 5) is 6.46. The molecule has 13 heteroatoms. The van der Waals surface area contributed by atoms with Crippen LogP contribution >= 0.6 is 23.5 Å². The van der Waals surface area contributed by atoms with E-state index < -0.39 is 10.4 Å². The first-order chi connectivity index (χ1) is 12.7. The van der Waals surface area contributed by atoms with E-state index in [0.29, 0.717) is 0 Å². The Morgan fingerprint density at radius 3 is 1.33 bits per heavy atom. The van der Waals surface area contributed by atoms with E-state index in [0.717, 1.165) is 61.1 Å². The molecule has 0 aliphatic rings. The molecule has 164 valence electrons. The summed E-state index contributed by atoms with van der Waals surface area (Å²) in [6.45, 7) is 13.6. The number of nitrogens with two attached hydrogens (primary N) is 2. The maximum absolute atomic E-state index is 8.52. The predicted molar refractivity (Wildman–Crippen MR) is 114 cm³/mol. The Balaban J connectivity index is -0.000000344. The number of amidine groups is 2. The minimum Gasteiger partial charge on any atom is -0.759 e. The Labute approximate surface area is 172 Å². The van der Waals surface area contributed by atoms with Gasteiger partial charge in [0.25, 0.3) is 0 Å². The van der Waals surface area contributed by atoms with Crippen molar-refractivity contribution >= 4 is 44.3 Å². The van der Waals surface area contributed by atoms with E-state index in [9.17, 15) is 0 Å². The highest BCUT2D eigenvalue weighted by molar-refractivity contribution is 8.13. The van der Waals surface area contributed by atoms with Crippen molar-refractivity contribution in [3.8, 4) is 0 Å². The van der Waals surface area contributed by atoms with Gasteiger partial charge in [0.05, 0.1) is 26.2 Å². The molecule has 0 aliphatic heterocycles. The molecule has 0 aromatic heterocycles. The van der Waals surface area contributed by atoms with E-state index in [2.05, 4.69) is 48.3 Å². The van der Waals surface area contributed by atoms with Crippen molar-refractivity contribution in [2.75, 3.05) is 50.8 Å². The Morgan fingerprint density at radius 2 is 1.15 bits per heavy atom. The molecule has 0 fully saturated rings. The first-order valence-electron chi connectivity index (χ1n) is 8.71. The summed E-state index contributed by atoms with van der Waals surface area (Å²) in [7, 11) is -5.17. The largest absolute Gasteiger partial charge is 0.759 e. The van der Waals surface area contributed by atoms with Crippen molar-refractivity contribution in [2.45, 2.75) is 27.7 Å². The fourth-order valence-corrected chi connectivity index (χ4v) is 2.92. The van der Waals surface area contributed by atoms with Gasteiger partial charge < -0.3 is 20.6 Å². The Morgan fingerprint density at radius 1 is 0.852 bits per heavy atom. The SMILES string of the molecule is CCNC(=[NH+]CC)SCCN.CCNC(=[NH+]CC)SCCN.O=S(=O)([O-])[O-]. The third kappa shape index (κ3) is 37.0. The number of hydrogen-bond acceptors (Lipinski definition) is 8. The van der Waals surface area contributed by atoms with Crippen LogP contribution in [0.1, 0.15) is 27.7 Å². The molecule has 0 heterocycles. The van der Waals surface area contributed by atoms with Gasteiger partial charge >= 0.3 is 10.3 Å². The molecule has 0 aliphatic carbocycles. The van der Waals surface area contributed by atoms with Crippen molar-refractivity contribution in [1.82, 2.24) is 10.6 Å². The zero-order chi connectivity index (χ0) is 21.6.